The van der Waals surface area contributed by atoms with Crippen LogP contribution in [-0.4, -0.2) is 5.78 Å². The quantitative estimate of drug-likeness (QED) is 0.495. The average molecular weight is 236 g/mol. The molecule has 0 N–H and O–H groups in total. The van der Waals surface area contributed by atoms with Gasteiger partial charge in [-0.2, -0.15) is 4.57 Å². The molecular formula is C16H14NO+. The fourth-order valence-electron chi connectivity index (χ4n) is 2.41. The molecule has 0 saturated heterocycles. The predicted molar refractivity (Wildman–Crippen MR) is 72.3 cm³/mol. The van der Waals surface area contributed by atoms with Crippen molar-refractivity contribution in [3.05, 3.63) is 54.7 Å². The van der Waals surface area contributed by atoms with Gasteiger partial charge in [-0.1, -0.05) is 30.3 Å². The average Bonchev–Trinajstić information content (AvgIpc) is 2.38. The molecule has 18 heavy (non-hydrogen) atoms. The molecule has 2 nitrogen and oxygen atoms in total. The maximum absolute atomic E-state index is 11.4. The Balaban J connectivity index is 2.42. The molecule has 3 aromatic rings. The largest absolute Gasteiger partial charge is 0.293 e. The zero-order valence-corrected chi connectivity index (χ0v) is 10.3. The number of pyridine rings is 1. The Morgan fingerprint density at radius 3 is 2.44 bits per heavy atom. The number of ketones is 1. The number of para-hydroxylation sites is 1. The minimum Gasteiger partial charge on any atom is -0.293 e. The number of aromatic nitrogens is 1. The molecule has 0 amide bonds. The van der Waals surface area contributed by atoms with Crippen LogP contribution in [0, 0.1) is 0 Å². The van der Waals surface area contributed by atoms with Crippen LogP contribution in [-0.2, 0) is 11.3 Å². The Kier molecular flexibility index (Phi) is 2.56. The summed E-state index contributed by atoms with van der Waals surface area (Å²) in [6, 6.07) is 16.5. The number of Topliss-reactive ketones (excluding diaryl/α,β-unsaturated/α-hetero) is 1. The highest BCUT2D eigenvalue weighted by Crippen LogP contribution is 2.21. The van der Waals surface area contributed by atoms with Gasteiger partial charge < -0.3 is 0 Å². The molecule has 3 rings (SSSR count). The van der Waals surface area contributed by atoms with E-state index in [9.17, 15) is 4.79 Å². The monoisotopic (exact) mass is 236 g/mol. The minimum absolute atomic E-state index is 0.167. The first-order valence-electron chi connectivity index (χ1n) is 6.05. The highest BCUT2D eigenvalue weighted by molar-refractivity contribution is 6.03. The van der Waals surface area contributed by atoms with Crippen LogP contribution in [0.3, 0.4) is 0 Å². The summed E-state index contributed by atoms with van der Waals surface area (Å²) in [5, 5.41) is 3.59. The molecule has 1 aromatic heterocycles. The van der Waals surface area contributed by atoms with E-state index < -0.39 is 0 Å². The third-order valence-corrected chi connectivity index (χ3v) is 3.15. The van der Waals surface area contributed by atoms with Crippen LogP contribution in [0.2, 0.25) is 0 Å². The second-order valence-corrected chi connectivity index (χ2v) is 4.56. The first-order valence-corrected chi connectivity index (χ1v) is 6.05. The van der Waals surface area contributed by atoms with Crippen molar-refractivity contribution in [2.24, 2.45) is 0 Å². The van der Waals surface area contributed by atoms with E-state index in [-0.39, 0.29) is 5.78 Å². The lowest BCUT2D eigenvalue weighted by Crippen LogP contribution is -2.37. The van der Waals surface area contributed by atoms with E-state index in [0.29, 0.717) is 6.54 Å². The first-order chi connectivity index (χ1) is 8.75. The summed E-state index contributed by atoms with van der Waals surface area (Å²) < 4.78 is 2.03. The maximum Gasteiger partial charge on any atom is 0.213 e. The lowest BCUT2D eigenvalue weighted by molar-refractivity contribution is -0.656. The second kappa shape index (κ2) is 4.22. The Morgan fingerprint density at radius 1 is 1.00 bits per heavy atom. The first kappa shape index (κ1) is 10.9. The molecule has 0 bridgehead atoms. The highest BCUT2D eigenvalue weighted by Gasteiger charge is 2.13. The zero-order chi connectivity index (χ0) is 12.5. The topological polar surface area (TPSA) is 20.9 Å². The van der Waals surface area contributed by atoms with Gasteiger partial charge in [-0.05, 0) is 12.1 Å². The Hall–Kier alpha value is -2.22. The highest BCUT2D eigenvalue weighted by atomic mass is 16.1. The summed E-state index contributed by atoms with van der Waals surface area (Å²) in [7, 11) is 0. The van der Waals surface area contributed by atoms with Crippen molar-refractivity contribution in [1.29, 1.82) is 0 Å². The van der Waals surface area contributed by atoms with Gasteiger partial charge in [0.1, 0.15) is 0 Å². The van der Waals surface area contributed by atoms with Crippen molar-refractivity contribution in [2.75, 3.05) is 0 Å². The van der Waals surface area contributed by atoms with Crippen LogP contribution in [0.5, 0.6) is 0 Å². The number of hydrogen-bond donors (Lipinski definition) is 0. The molecule has 1 heterocycles. The normalized spacial score (nSPS) is 10.9. The van der Waals surface area contributed by atoms with E-state index in [2.05, 4.69) is 30.5 Å². The molecule has 0 aliphatic heterocycles. The third kappa shape index (κ3) is 1.76. The van der Waals surface area contributed by atoms with Crippen molar-refractivity contribution < 1.29 is 9.36 Å². The van der Waals surface area contributed by atoms with Crippen LogP contribution < -0.4 is 4.57 Å². The van der Waals surface area contributed by atoms with Gasteiger partial charge in [0, 0.05) is 23.8 Å². The SMILES string of the molecule is CC(=O)C[n+]1cc2ccccc2c2ccccc21. The molecule has 0 unspecified atom stereocenters. The van der Waals surface area contributed by atoms with Gasteiger partial charge >= 0.3 is 0 Å². The van der Waals surface area contributed by atoms with Gasteiger partial charge in [-0.25, -0.2) is 0 Å². The van der Waals surface area contributed by atoms with E-state index in [4.69, 9.17) is 0 Å². The van der Waals surface area contributed by atoms with Crippen LogP contribution in [0.25, 0.3) is 21.7 Å². The summed E-state index contributed by atoms with van der Waals surface area (Å²) in [4.78, 5) is 11.4. The lowest BCUT2D eigenvalue weighted by atomic mass is 10.1. The number of carbonyl (C=O) groups is 1. The molecule has 0 atom stereocenters. The number of benzene rings is 2. The summed E-state index contributed by atoms with van der Waals surface area (Å²) >= 11 is 0. The molecule has 0 aliphatic carbocycles. The number of nitrogens with zero attached hydrogens (tertiary/aromatic N) is 1. The van der Waals surface area contributed by atoms with Crippen molar-refractivity contribution in [2.45, 2.75) is 13.5 Å². The van der Waals surface area contributed by atoms with Gasteiger partial charge in [-0.15, -0.1) is 0 Å². The van der Waals surface area contributed by atoms with Crippen LogP contribution in [0.15, 0.2) is 54.7 Å². The summed E-state index contributed by atoms with van der Waals surface area (Å²) in [6.45, 7) is 2.04. The fourth-order valence-corrected chi connectivity index (χ4v) is 2.41. The molecule has 0 aliphatic rings. The minimum atomic E-state index is 0.167. The molecule has 0 spiro atoms. The van der Waals surface area contributed by atoms with Crippen LogP contribution in [0.1, 0.15) is 6.92 Å². The Labute approximate surface area is 105 Å². The van der Waals surface area contributed by atoms with Gasteiger partial charge in [0.15, 0.2) is 12.0 Å². The number of hydrogen-bond acceptors (Lipinski definition) is 1. The summed E-state index contributed by atoms with van der Waals surface area (Å²) in [5.41, 5.74) is 1.10. The summed E-state index contributed by atoms with van der Waals surface area (Å²) in [6.07, 6.45) is 2.05. The smallest absolute Gasteiger partial charge is 0.213 e. The molecule has 2 heteroatoms. The Bertz CT molecular complexity index is 746. The van der Waals surface area contributed by atoms with Gasteiger partial charge in [-0.3, -0.25) is 4.79 Å². The van der Waals surface area contributed by atoms with E-state index in [1.54, 1.807) is 6.92 Å². The second-order valence-electron chi connectivity index (χ2n) is 4.56. The molecule has 0 saturated carbocycles. The maximum atomic E-state index is 11.4. The van der Waals surface area contributed by atoms with Crippen LogP contribution >= 0.6 is 0 Å². The molecule has 88 valence electrons. The lowest BCUT2D eigenvalue weighted by Gasteiger charge is -2.04. The molecule has 0 fully saturated rings. The van der Waals surface area contributed by atoms with Crippen molar-refractivity contribution in [1.82, 2.24) is 0 Å². The van der Waals surface area contributed by atoms with E-state index in [0.717, 1.165) is 10.9 Å². The van der Waals surface area contributed by atoms with Gasteiger partial charge in [0.2, 0.25) is 12.1 Å². The standard InChI is InChI=1S/C16H14NO/c1-12(18)10-17-11-13-6-2-3-7-14(13)15-8-4-5-9-16(15)17/h2-9,11H,10H2,1H3/q+1. The molecular weight excluding hydrogens is 222 g/mol. The van der Waals surface area contributed by atoms with Gasteiger partial charge in [0.25, 0.3) is 0 Å². The van der Waals surface area contributed by atoms with E-state index in [1.165, 1.54) is 10.8 Å². The number of fused-ring (bicyclic) bond motifs is 3. The Morgan fingerprint density at radius 2 is 1.67 bits per heavy atom. The predicted octanol–water partition coefficient (Wildman–Crippen LogP) is 2.87. The zero-order valence-electron chi connectivity index (χ0n) is 10.3. The molecule has 0 radical (unpaired) electrons. The van der Waals surface area contributed by atoms with Crippen molar-refractivity contribution >= 4 is 27.5 Å². The number of rotatable bonds is 2. The van der Waals surface area contributed by atoms with Crippen molar-refractivity contribution in [3.63, 3.8) is 0 Å². The van der Waals surface area contributed by atoms with E-state index >= 15 is 0 Å². The molecule has 2 aromatic carbocycles. The van der Waals surface area contributed by atoms with Crippen molar-refractivity contribution in [3.8, 4) is 0 Å². The third-order valence-electron chi connectivity index (χ3n) is 3.15. The summed E-state index contributed by atoms with van der Waals surface area (Å²) in [5.74, 6) is 0.167. The van der Waals surface area contributed by atoms with E-state index in [1.807, 2.05) is 28.8 Å². The van der Waals surface area contributed by atoms with Crippen LogP contribution in [0.4, 0.5) is 0 Å². The van der Waals surface area contributed by atoms with Gasteiger partial charge in [0.05, 0.1) is 5.39 Å². The number of carbonyl (C=O) groups excluding carboxylic acids is 1. The fraction of sp³-hybridized carbons (Fsp3) is 0.125.